The summed E-state index contributed by atoms with van der Waals surface area (Å²) in [5.74, 6) is -0.0945. The van der Waals surface area contributed by atoms with E-state index in [4.69, 9.17) is 0 Å². The van der Waals surface area contributed by atoms with Gasteiger partial charge in [0.2, 0.25) is 0 Å². The number of nitrogens with one attached hydrogen (secondary N) is 1. The van der Waals surface area contributed by atoms with Gasteiger partial charge in [0, 0.05) is 18.9 Å². The molecule has 1 aromatic heterocycles. The van der Waals surface area contributed by atoms with Crippen molar-refractivity contribution in [2.75, 3.05) is 6.54 Å². The van der Waals surface area contributed by atoms with E-state index in [1.165, 1.54) is 5.57 Å². The fourth-order valence-corrected chi connectivity index (χ4v) is 1.44. The molecule has 0 spiro atoms. The predicted molar refractivity (Wildman–Crippen MR) is 74.4 cm³/mol. The minimum Gasteiger partial charge on any atom is -0.349 e. The molecule has 96 valence electrons. The number of amides is 1. The number of aromatic nitrogens is 1. The number of allylic oxidation sites excluding steroid dienone is 3. The van der Waals surface area contributed by atoms with Gasteiger partial charge in [0.25, 0.3) is 5.91 Å². The minimum absolute atomic E-state index is 0.0945. The molecule has 0 aliphatic heterocycles. The van der Waals surface area contributed by atoms with Gasteiger partial charge in [-0.2, -0.15) is 0 Å². The monoisotopic (exact) mass is 244 g/mol. The minimum atomic E-state index is -0.0945. The van der Waals surface area contributed by atoms with Crippen molar-refractivity contribution in [3.63, 3.8) is 0 Å². The van der Waals surface area contributed by atoms with Crippen LogP contribution in [-0.4, -0.2) is 17.4 Å². The summed E-state index contributed by atoms with van der Waals surface area (Å²) in [5.41, 5.74) is 1.82. The van der Waals surface area contributed by atoms with Crippen LogP contribution in [0.15, 0.2) is 48.3 Å². The number of hydrogen-bond donors (Lipinski definition) is 1. The molecule has 0 aliphatic rings. The Morgan fingerprint density at radius 1 is 1.50 bits per heavy atom. The molecule has 0 aliphatic carbocycles. The molecule has 0 radical (unpaired) electrons. The molecule has 0 aromatic carbocycles. The highest BCUT2D eigenvalue weighted by molar-refractivity contribution is 5.93. The van der Waals surface area contributed by atoms with Gasteiger partial charge in [-0.15, -0.1) is 0 Å². The SMILES string of the molecule is CCC/C=C(C)/C=C/CNC(=O)c1cccnc1. The molecular weight excluding hydrogens is 224 g/mol. The molecule has 1 aromatic rings. The molecule has 1 heterocycles. The maximum Gasteiger partial charge on any atom is 0.253 e. The van der Waals surface area contributed by atoms with Crippen molar-refractivity contribution in [1.29, 1.82) is 0 Å². The lowest BCUT2D eigenvalue weighted by Crippen LogP contribution is -2.23. The summed E-state index contributed by atoms with van der Waals surface area (Å²) in [6.45, 7) is 4.75. The maximum absolute atomic E-state index is 11.7. The Kier molecular flexibility index (Phi) is 6.47. The van der Waals surface area contributed by atoms with Crippen LogP contribution in [0.4, 0.5) is 0 Å². The Bertz CT molecular complexity index is 421. The zero-order valence-electron chi connectivity index (χ0n) is 11.0. The summed E-state index contributed by atoms with van der Waals surface area (Å²) >= 11 is 0. The molecule has 0 atom stereocenters. The lowest BCUT2D eigenvalue weighted by atomic mass is 10.2. The summed E-state index contributed by atoms with van der Waals surface area (Å²) in [6, 6.07) is 3.50. The number of rotatable bonds is 6. The first-order valence-electron chi connectivity index (χ1n) is 6.25. The zero-order valence-corrected chi connectivity index (χ0v) is 11.0. The van der Waals surface area contributed by atoms with Crippen LogP contribution in [0.2, 0.25) is 0 Å². The molecule has 1 rings (SSSR count). The van der Waals surface area contributed by atoms with Gasteiger partial charge in [-0.25, -0.2) is 0 Å². The Morgan fingerprint density at radius 2 is 2.33 bits per heavy atom. The maximum atomic E-state index is 11.7. The van der Waals surface area contributed by atoms with Crippen LogP contribution in [0.25, 0.3) is 0 Å². The van der Waals surface area contributed by atoms with Crippen LogP contribution in [0.1, 0.15) is 37.0 Å². The van der Waals surface area contributed by atoms with E-state index in [9.17, 15) is 4.79 Å². The second kappa shape index (κ2) is 8.23. The van der Waals surface area contributed by atoms with Gasteiger partial charge in [0.15, 0.2) is 0 Å². The van der Waals surface area contributed by atoms with Crippen molar-refractivity contribution >= 4 is 5.91 Å². The highest BCUT2D eigenvalue weighted by Gasteiger charge is 2.01. The van der Waals surface area contributed by atoms with Crippen molar-refractivity contribution in [3.05, 3.63) is 53.9 Å². The highest BCUT2D eigenvalue weighted by Crippen LogP contribution is 1.99. The number of carbonyl (C=O) groups excluding carboxylic acids is 1. The van der Waals surface area contributed by atoms with Gasteiger partial charge in [-0.3, -0.25) is 9.78 Å². The van der Waals surface area contributed by atoms with Gasteiger partial charge in [-0.1, -0.05) is 37.1 Å². The van der Waals surface area contributed by atoms with Gasteiger partial charge in [0.05, 0.1) is 5.56 Å². The van der Waals surface area contributed by atoms with Crippen LogP contribution in [-0.2, 0) is 0 Å². The standard InChI is InChI=1S/C15H20N2O/c1-3-4-7-13(2)8-5-11-17-15(18)14-9-6-10-16-12-14/h5-10,12H,3-4,11H2,1-2H3,(H,17,18)/b8-5+,13-7+. The average molecular weight is 244 g/mol. The van der Waals surface area contributed by atoms with Crippen molar-refractivity contribution in [2.45, 2.75) is 26.7 Å². The summed E-state index contributed by atoms with van der Waals surface area (Å²) in [4.78, 5) is 15.6. The van der Waals surface area contributed by atoms with Crippen molar-refractivity contribution < 1.29 is 4.79 Å². The second-order valence-electron chi connectivity index (χ2n) is 4.09. The molecule has 0 fully saturated rings. The molecule has 18 heavy (non-hydrogen) atoms. The largest absolute Gasteiger partial charge is 0.349 e. The number of nitrogens with zero attached hydrogens (tertiary/aromatic N) is 1. The van der Waals surface area contributed by atoms with Gasteiger partial charge in [0.1, 0.15) is 0 Å². The molecule has 0 bridgehead atoms. The number of carbonyl (C=O) groups is 1. The third-order valence-electron chi connectivity index (χ3n) is 2.44. The third kappa shape index (κ3) is 5.43. The average Bonchev–Trinajstić information content (AvgIpc) is 2.42. The molecule has 0 saturated carbocycles. The summed E-state index contributed by atoms with van der Waals surface area (Å²) in [6.07, 6.45) is 11.6. The Hall–Kier alpha value is -1.90. The van der Waals surface area contributed by atoms with Gasteiger partial charge in [-0.05, 0) is 25.5 Å². The van der Waals surface area contributed by atoms with Crippen LogP contribution < -0.4 is 5.32 Å². The Balaban J connectivity index is 2.34. The molecule has 3 nitrogen and oxygen atoms in total. The Morgan fingerprint density at radius 3 is 3.00 bits per heavy atom. The molecule has 1 amide bonds. The van der Waals surface area contributed by atoms with E-state index in [0.29, 0.717) is 12.1 Å². The van der Waals surface area contributed by atoms with E-state index < -0.39 is 0 Å². The van der Waals surface area contributed by atoms with Crippen LogP contribution in [0.5, 0.6) is 0 Å². The number of unbranched alkanes of at least 4 members (excludes halogenated alkanes) is 1. The van der Waals surface area contributed by atoms with E-state index in [1.807, 2.05) is 12.2 Å². The molecule has 0 unspecified atom stereocenters. The fraction of sp³-hybridized carbons (Fsp3) is 0.333. The van der Waals surface area contributed by atoms with Gasteiger partial charge < -0.3 is 5.32 Å². The first-order chi connectivity index (χ1) is 8.74. The van der Waals surface area contributed by atoms with Crippen LogP contribution in [0.3, 0.4) is 0 Å². The fourth-order valence-electron chi connectivity index (χ4n) is 1.44. The number of hydrogen-bond acceptors (Lipinski definition) is 2. The Labute approximate surface area is 109 Å². The molecular formula is C15H20N2O. The van der Waals surface area contributed by atoms with Crippen LogP contribution in [0, 0.1) is 0 Å². The lowest BCUT2D eigenvalue weighted by molar-refractivity contribution is 0.0957. The van der Waals surface area contributed by atoms with Crippen molar-refractivity contribution in [3.8, 4) is 0 Å². The topological polar surface area (TPSA) is 42.0 Å². The van der Waals surface area contributed by atoms with E-state index in [2.05, 4.69) is 30.2 Å². The van der Waals surface area contributed by atoms with E-state index in [-0.39, 0.29) is 5.91 Å². The summed E-state index contributed by atoms with van der Waals surface area (Å²) < 4.78 is 0. The first kappa shape index (κ1) is 14.2. The summed E-state index contributed by atoms with van der Waals surface area (Å²) in [7, 11) is 0. The smallest absolute Gasteiger partial charge is 0.253 e. The van der Waals surface area contributed by atoms with E-state index >= 15 is 0 Å². The van der Waals surface area contributed by atoms with Crippen LogP contribution >= 0.6 is 0 Å². The zero-order chi connectivity index (χ0) is 13.2. The van der Waals surface area contributed by atoms with E-state index in [1.54, 1.807) is 24.5 Å². The normalized spacial score (nSPS) is 11.8. The first-order valence-corrected chi connectivity index (χ1v) is 6.25. The lowest BCUT2D eigenvalue weighted by Gasteiger charge is -2.01. The van der Waals surface area contributed by atoms with Gasteiger partial charge >= 0.3 is 0 Å². The predicted octanol–water partition coefficient (Wildman–Crippen LogP) is 3.11. The molecule has 1 N–H and O–H groups in total. The van der Waals surface area contributed by atoms with Crippen molar-refractivity contribution in [1.82, 2.24) is 10.3 Å². The third-order valence-corrected chi connectivity index (χ3v) is 2.44. The van der Waals surface area contributed by atoms with Crippen molar-refractivity contribution in [2.24, 2.45) is 0 Å². The second-order valence-corrected chi connectivity index (χ2v) is 4.09. The highest BCUT2D eigenvalue weighted by atomic mass is 16.1. The summed E-state index contributed by atoms with van der Waals surface area (Å²) in [5, 5.41) is 2.82. The molecule has 3 heteroatoms. The van der Waals surface area contributed by atoms with E-state index in [0.717, 1.165) is 12.8 Å². The number of pyridine rings is 1. The quantitative estimate of drug-likeness (QED) is 0.781. The molecule has 0 saturated heterocycles.